The van der Waals surface area contributed by atoms with Crippen LogP contribution >= 0.6 is 0 Å². The highest BCUT2D eigenvalue weighted by atomic mass is 19.1. The maximum atomic E-state index is 12.9. The van der Waals surface area contributed by atoms with Gasteiger partial charge in [0.05, 0.1) is 0 Å². The number of anilines is 1. The number of benzene rings is 2. The summed E-state index contributed by atoms with van der Waals surface area (Å²) in [5.41, 5.74) is 1.77. The highest BCUT2D eigenvalue weighted by molar-refractivity contribution is 5.52. The lowest BCUT2D eigenvalue weighted by Gasteiger charge is -2.03. The highest BCUT2D eigenvalue weighted by Gasteiger charge is 2.08. The molecule has 3 aromatic rings. The minimum Gasteiger partial charge on any atom is -0.385 e. The fourth-order valence-corrected chi connectivity index (χ4v) is 1.94. The number of para-hydroxylation sites is 1. The van der Waals surface area contributed by atoms with Crippen LogP contribution < -0.4 is 5.32 Å². The Morgan fingerprint density at radius 3 is 2.52 bits per heavy atom. The van der Waals surface area contributed by atoms with Gasteiger partial charge in [0.1, 0.15) is 5.82 Å². The van der Waals surface area contributed by atoms with Crippen LogP contribution in [0, 0.1) is 5.82 Å². The summed E-state index contributed by atoms with van der Waals surface area (Å²) in [6, 6.07) is 15.9. The number of hydrogen-bond donors (Lipinski definition) is 1. The van der Waals surface area contributed by atoms with Gasteiger partial charge in [0, 0.05) is 24.2 Å². The summed E-state index contributed by atoms with van der Waals surface area (Å²) in [6.07, 6.45) is 0.652. The highest BCUT2D eigenvalue weighted by Crippen LogP contribution is 2.17. The SMILES string of the molecule is Fc1ccc(-c2nc(CCNc3ccccc3)no2)cc1. The molecule has 0 radical (unpaired) electrons. The van der Waals surface area contributed by atoms with E-state index in [2.05, 4.69) is 15.5 Å². The van der Waals surface area contributed by atoms with Gasteiger partial charge >= 0.3 is 0 Å². The Labute approximate surface area is 121 Å². The number of hydrogen-bond acceptors (Lipinski definition) is 4. The van der Waals surface area contributed by atoms with E-state index in [1.54, 1.807) is 12.1 Å². The lowest BCUT2D eigenvalue weighted by Crippen LogP contribution is -2.05. The maximum absolute atomic E-state index is 12.9. The quantitative estimate of drug-likeness (QED) is 0.778. The van der Waals surface area contributed by atoms with Crippen molar-refractivity contribution in [3.05, 3.63) is 66.2 Å². The zero-order valence-electron chi connectivity index (χ0n) is 11.3. The van der Waals surface area contributed by atoms with Crippen molar-refractivity contribution in [2.75, 3.05) is 11.9 Å². The number of aromatic nitrogens is 2. The van der Waals surface area contributed by atoms with Gasteiger partial charge < -0.3 is 9.84 Å². The molecule has 2 aromatic carbocycles. The Kier molecular flexibility index (Phi) is 3.91. The first-order chi connectivity index (χ1) is 10.3. The number of halogens is 1. The van der Waals surface area contributed by atoms with E-state index in [9.17, 15) is 4.39 Å². The molecule has 1 N–H and O–H groups in total. The van der Waals surface area contributed by atoms with Crippen LogP contribution in [0.15, 0.2) is 59.1 Å². The molecule has 0 bridgehead atoms. The molecule has 21 heavy (non-hydrogen) atoms. The van der Waals surface area contributed by atoms with Crippen molar-refractivity contribution in [2.45, 2.75) is 6.42 Å². The number of nitrogens with zero attached hydrogens (tertiary/aromatic N) is 2. The van der Waals surface area contributed by atoms with Gasteiger partial charge in [-0.05, 0) is 36.4 Å². The second-order valence-corrected chi connectivity index (χ2v) is 4.57. The van der Waals surface area contributed by atoms with Crippen LogP contribution in [0.25, 0.3) is 11.5 Å². The van der Waals surface area contributed by atoms with E-state index >= 15 is 0 Å². The second-order valence-electron chi connectivity index (χ2n) is 4.57. The third-order valence-corrected chi connectivity index (χ3v) is 3.01. The molecular weight excluding hydrogens is 269 g/mol. The Morgan fingerprint density at radius 2 is 1.76 bits per heavy atom. The molecule has 0 fully saturated rings. The van der Waals surface area contributed by atoms with Crippen molar-refractivity contribution in [2.24, 2.45) is 0 Å². The van der Waals surface area contributed by atoms with Gasteiger partial charge in [-0.2, -0.15) is 4.98 Å². The van der Waals surface area contributed by atoms with Gasteiger partial charge in [-0.25, -0.2) is 4.39 Å². The van der Waals surface area contributed by atoms with Crippen LogP contribution in [0.4, 0.5) is 10.1 Å². The zero-order chi connectivity index (χ0) is 14.5. The zero-order valence-corrected chi connectivity index (χ0v) is 11.3. The van der Waals surface area contributed by atoms with Crippen molar-refractivity contribution in [1.29, 1.82) is 0 Å². The molecule has 0 saturated heterocycles. The molecule has 0 amide bonds. The van der Waals surface area contributed by atoms with E-state index in [0.717, 1.165) is 5.69 Å². The second kappa shape index (κ2) is 6.17. The van der Waals surface area contributed by atoms with Crippen LogP contribution in [-0.2, 0) is 6.42 Å². The summed E-state index contributed by atoms with van der Waals surface area (Å²) in [4.78, 5) is 4.30. The predicted molar refractivity (Wildman–Crippen MR) is 78.3 cm³/mol. The van der Waals surface area contributed by atoms with Crippen molar-refractivity contribution < 1.29 is 8.91 Å². The van der Waals surface area contributed by atoms with E-state index in [1.807, 2.05) is 30.3 Å². The molecule has 106 valence electrons. The first-order valence-corrected chi connectivity index (χ1v) is 6.69. The number of nitrogens with one attached hydrogen (secondary N) is 1. The Morgan fingerprint density at radius 1 is 1.00 bits per heavy atom. The molecule has 0 atom stereocenters. The maximum Gasteiger partial charge on any atom is 0.257 e. The first kappa shape index (κ1) is 13.3. The fraction of sp³-hybridized carbons (Fsp3) is 0.125. The topological polar surface area (TPSA) is 51.0 Å². The lowest BCUT2D eigenvalue weighted by molar-refractivity contribution is 0.423. The third kappa shape index (κ3) is 3.45. The summed E-state index contributed by atoms with van der Waals surface area (Å²) >= 11 is 0. The van der Waals surface area contributed by atoms with Gasteiger partial charge in [-0.15, -0.1) is 0 Å². The van der Waals surface area contributed by atoms with Gasteiger partial charge in [0.15, 0.2) is 5.82 Å². The smallest absolute Gasteiger partial charge is 0.257 e. The summed E-state index contributed by atoms with van der Waals surface area (Å²) < 4.78 is 18.0. The largest absolute Gasteiger partial charge is 0.385 e. The molecule has 3 rings (SSSR count). The lowest BCUT2D eigenvalue weighted by atomic mass is 10.2. The van der Waals surface area contributed by atoms with Crippen LogP contribution in [0.5, 0.6) is 0 Å². The van der Waals surface area contributed by atoms with Crippen molar-refractivity contribution in [3.8, 4) is 11.5 Å². The van der Waals surface area contributed by atoms with Gasteiger partial charge in [-0.1, -0.05) is 23.4 Å². The summed E-state index contributed by atoms with van der Waals surface area (Å²) in [6.45, 7) is 0.715. The Balaban J connectivity index is 1.59. The van der Waals surface area contributed by atoms with Crippen molar-refractivity contribution in [3.63, 3.8) is 0 Å². The normalized spacial score (nSPS) is 10.5. The molecule has 0 aliphatic carbocycles. The molecule has 0 spiro atoms. The number of rotatable bonds is 5. The average molecular weight is 283 g/mol. The standard InChI is InChI=1S/C16H14FN3O/c17-13-8-6-12(7-9-13)16-19-15(20-21-16)10-11-18-14-4-2-1-3-5-14/h1-9,18H,10-11H2. The molecule has 0 saturated carbocycles. The van der Waals surface area contributed by atoms with Crippen molar-refractivity contribution >= 4 is 5.69 Å². The molecule has 1 heterocycles. The van der Waals surface area contributed by atoms with E-state index < -0.39 is 0 Å². The molecule has 0 aliphatic heterocycles. The Bertz CT molecular complexity index is 695. The van der Waals surface area contributed by atoms with Crippen LogP contribution in [-0.4, -0.2) is 16.7 Å². The van der Waals surface area contributed by atoms with Crippen LogP contribution in [0.1, 0.15) is 5.82 Å². The minimum atomic E-state index is -0.287. The monoisotopic (exact) mass is 283 g/mol. The van der Waals surface area contributed by atoms with E-state index in [-0.39, 0.29) is 5.82 Å². The molecule has 5 heteroatoms. The van der Waals surface area contributed by atoms with Crippen molar-refractivity contribution in [1.82, 2.24) is 10.1 Å². The van der Waals surface area contributed by atoms with Gasteiger partial charge in [0.25, 0.3) is 5.89 Å². The molecule has 0 unspecified atom stereocenters. The molecular formula is C16H14FN3O. The summed E-state index contributed by atoms with van der Waals surface area (Å²) in [5, 5.41) is 7.20. The molecule has 4 nitrogen and oxygen atoms in total. The first-order valence-electron chi connectivity index (χ1n) is 6.69. The van der Waals surface area contributed by atoms with Gasteiger partial charge in [0.2, 0.25) is 0 Å². The van der Waals surface area contributed by atoms with E-state index in [0.29, 0.717) is 30.2 Å². The van der Waals surface area contributed by atoms with E-state index in [1.165, 1.54) is 12.1 Å². The fourth-order valence-electron chi connectivity index (χ4n) is 1.94. The predicted octanol–water partition coefficient (Wildman–Crippen LogP) is 3.53. The Hall–Kier alpha value is -2.69. The van der Waals surface area contributed by atoms with Gasteiger partial charge in [-0.3, -0.25) is 0 Å². The summed E-state index contributed by atoms with van der Waals surface area (Å²) in [5.74, 6) is 0.744. The average Bonchev–Trinajstić information content (AvgIpc) is 2.98. The van der Waals surface area contributed by atoms with E-state index in [4.69, 9.17) is 4.52 Å². The van der Waals surface area contributed by atoms with Crippen LogP contribution in [0.3, 0.4) is 0 Å². The molecule has 1 aromatic heterocycles. The van der Waals surface area contributed by atoms with Crippen LogP contribution in [0.2, 0.25) is 0 Å². The molecule has 0 aliphatic rings. The summed E-state index contributed by atoms with van der Waals surface area (Å²) in [7, 11) is 0. The minimum absolute atomic E-state index is 0.287. The third-order valence-electron chi connectivity index (χ3n) is 3.01.